The van der Waals surface area contributed by atoms with Crippen molar-refractivity contribution < 1.29 is 9.47 Å². The molecule has 0 saturated heterocycles. The van der Waals surface area contributed by atoms with Gasteiger partial charge in [0.1, 0.15) is 6.61 Å². The quantitative estimate of drug-likeness (QED) is 0.758. The number of nitrogens with zero attached hydrogens (tertiary/aromatic N) is 1. The average molecular weight is 232 g/mol. The third-order valence-corrected chi connectivity index (χ3v) is 2.66. The molecule has 90 valence electrons. The summed E-state index contributed by atoms with van der Waals surface area (Å²) in [5.41, 5.74) is 0.574. The molecule has 0 bridgehead atoms. The number of benzene rings is 1. The first kappa shape index (κ1) is 11.7. The highest BCUT2D eigenvalue weighted by Crippen LogP contribution is 2.27. The molecular weight excluding hydrogens is 216 g/mol. The van der Waals surface area contributed by atoms with Crippen LogP contribution >= 0.6 is 0 Å². The number of nitriles is 1. The van der Waals surface area contributed by atoms with E-state index in [9.17, 15) is 0 Å². The van der Waals surface area contributed by atoms with E-state index in [0.29, 0.717) is 29.7 Å². The first-order valence-electron chi connectivity index (χ1n) is 5.78. The van der Waals surface area contributed by atoms with Crippen LogP contribution in [0.5, 0.6) is 11.5 Å². The van der Waals surface area contributed by atoms with Gasteiger partial charge in [-0.25, -0.2) is 0 Å². The van der Waals surface area contributed by atoms with Crippen molar-refractivity contribution in [2.75, 3.05) is 20.3 Å². The molecule has 17 heavy (non-hydrogen) atoms. The molecule has 1 saturated carbocycles. The van der Waals surface area contributed by atoms with Crippen LogP contribution in [0.25, 0.3) is 0 Å². The molecule has 1 aromatic rings. The average Bonchev–Trinajstić information content (AvgIpc) is 3.18. The lowest BCUT2D eigenvalue weighted by atomic mass is 10.2. The number of nitrogens with one attached hydrogen (secondary N) is 1. The van der Waals surface area contributed by atoms with Crippen molar-refractivity contribution in [3.05, 3.63) is 23.8 Å². The molecule has 1 aliphatic carbocycles. The Hall–Kier alpha value is -1.73. The van der Waals surface area contributed by atoms with Gasteiger partial charge in [-0.3, -0.25) is 0 Å². The molecule has 4 heteroatoms. The molecule has 0 aromatic heterocycles. The Labute approximate surface area is 101 Å². The van der Waals surface area contributed by atoms with E-state index in [-0.39, 0.29) is 0 Å². The minimum atomic E-state index is 0.574. The number of hydrogen-bond donors (Lipinski definition) is 1. The van der Waals surface area contributed by atoms with Crippen molar-refractivity contribution in [1.29, 1.82) is 5.26 Å². The Balaban J connectivity index is 1.87. The van der Waals surface area contributed by atoms with E-state index < -0.39 is 0 Å². The lowest BCUT2D eigenvalue weighted by molar-refractivity contribution is 0.292. The number of hydrogen-bond acceptors (Lipinski definition) is 4. The van der Waals surface area contributed by atoms with Crippen LogP contribution in [0.1, 0.15) is 18.4 Å². The van der Waals surface area contributed by atoms with E-state index in [1.54, 1.807) is 25.3 Å². The molecule has 1 N–H and O–H groups in total. The van der Waals surface area contributed by atoms with Gasteiger partial charge in [0.15, 0.2) is 11.5 Å². The molecule has 1 aliphatic rings. The van der Waals surface area contributed by atoms with Crippen molar-refractivity contribution in [1.82, 2.24) is 5.32 Å². The monoisotopic (exact) mass is 232 g/mol. The molecule has 1 aromatic carbocycles. The molecule has 2 rings (SSSR count). The van der Waals surface area contributed by atoms with E-state index in [4.69, 9.17) is 14.7 Å². The van der Waals surface area contributed by atoms with Crippen LogP contribution < -0.4 is 14.8 Å². The van der Waals surface area contributed by atoms with Gasteiger partial charge in [-0.1, -0.05) is 0 Å². The summed E-state index contributed by atoms with van der Waals surface area (Å²) in [7, 11) is 1.58. The summed E-state index contributed by atoms with van der Waals surface area (Å²) < 4.78 is 10.8. The molecule has 0 unspecified atom stereocenters. The van der Waals surface area contributed by atoms with Crippen LogP contribution in [0.4, 0.5) is 0 Å². The summed E-state index contributed by atoms with van der Waals surface area (Å²) >= 11 is 0. The van der Waals surface area contributed by atoms with Gasteiger partial charge >= 0.3 is 0 Å². The molecule has 0 atom stereocenters. The first-order chi connectivity index (χ1) is 8.33. The predicted molar refractivity (Wildman–Crippen MR) is 64.2 cm³/mol. The lowest BCUT2D eigenvalue weighted by Crippen LogP contribution is -2.22. The van der Waals surface area contributed by atoms with E-state index in [0.717, 1.165) is 6.54 Å². The van der Waals surface area contributed by atoms with Gasteiger partial charge in [0, 0.05) is 18.7 Å². The van der Waals surface area contributed by atoms with Gasteiger partial charge < -0.3 is 14.8 Å². The fourth-order valence-corrected chi connectivity index (χ4v) is 1.57. The fraction of sp³-hybridized carbons (Fsp3) is 0.462. The van der Waals surface area contributed by atoms with Gasteiger partial charge in [0.2, 0.25) is 0 Å². The summed E-state index contributed by atoms with van der Waals surface area (Å²) in [6, 6.07) is 7.95. The van der Waals surface area contributed by atoms with Gasteiger partial charge in [0.25, 0.3) is 0 Å². The van der Waals surface area contributed by atoms with Crippen LogP contribution in [0.2, 0.25) is 0 Å². The van der Waals surface area contributed by atoms with Crippen LogP contribution in [-0.2, 0) is 0 Å². The maximum Gasteiger partial charge on any atom is 0.162 e. The highest BCUT2D eigenvalue weighted by molar-refractivity contribution is 5.46. The molecule has 0 heterocycles. The van der Waals surface area contributed by atoms with Crippen molar-refractivity contribution in [3.63, 3.8) is 0 Å². The van der Waals surface area contributed by atoms with Gasteiger partial charge in [0.05, 0.1) is 18.7 Å². The Kier molecular flexibility index (Phi) is 3.84. The Bertz CT molecular complexity index is 422. The second-order valence-electron chi connectivity index (χ2n) is 4.05. The maximum atomic E-state index is 8.77. The highest BCUT2D eigenvalue weighted by atomic mass is 16.5. The zero-order chi connectivity index (χ0) is 12.1. The Morgan fingerprint density at radius 3 is 2.88 bits per heavy atom. The standard InChI is InChI=1S/C13H16N2O2/c1-16-13-8-10(9-14)2-5-12(13)17-7-6-15-11-3-4-11/h2,5,8,11,15H,3-4,6-7H2,1H3. The third-order valence-electron chi connectivity index (χ3n) is 2.66. The van der Waals surface area contributed by atoms with Crippen molar-refractivity contribution in [2.45, 2.75) is 18.9 Å². The largest absolute Gasteiger partial charge is 0.493 e. The van der Waals surface area contributed by atoms with Crippen molar-refractivity contribution >= 4 is 0 Å². The molecule has 1 fully saturated rings. The summed E-state index contributed by atoms with van der Waals surface area (Å²) in [4.78, 5) is 0. The van der Waals surface area contributed by atoms with Crippen molar-refractivity contribution in [3.8, 4) is 17.6 Å². The summed E-state index contributed by atoms with van der Waals surface area (Å²) in [6.45, 7) is 1.45. The third kappa shape index (κ3) is 3.36. The summed E-state index contributed by atoms with van der Waals surface area (Å²) in [5, 5.41) is 12.1. The van der Waals surface area contributed by atoms with E-state index in [1.807, 2.05) is 0 Å². The molecule has 4 nitrogen and oxygen atoms in total. The minimum Gasteiger partial charge on any atom is -0.493 e. The number of ether oxygens (including phenoxy) is 2. The van der Waals surface area contributed by atoms with Crippen LogP contribution in [0.15, 0.2) is 18.2 Å². The zero-order valence-corrected chi connectivity index (χ0v) is 9.90. The van der Waals surface area contributed by atoms with Crippen LogP contribution in [0, 0.1) is 11.3 Å². The maximum absolute atomic E-state index is 8.77. The predicted octanol–water partition coefficient (Wildman–Crippen LogP) is 1.70. The minimum absolute atomic E-state index is 0.574. The highest BCUT2D eigenvalue weighted by Gasteiger charge is 2.19. The van der Waals surface area contributed by atoms with Gasteiger partial charge in [-0.15, -0.1) is 0 Å². The Morgan fingerprint density at radius 1 is 1.41 bits per heavy atom. The molecule has 0 radical (unpaired) electrons. The van der Waals surface area contributed by atoms with E-state index in [2.05, 4.69) is 11.4 Å². The topological polar surface area (TPSA) is 54.3 Å². The zero-order valence-electron chi connectivity index (χ0n) is 9.90. The molecular formula is C13H16N2O2. The van der Waals surface area contributed by atoms with E-state index in [1.165, 1.54) is 12.8 Å². The van der Waals surface area contributed by atoms with Crippen LogP contribution in [0.3, 0.4) is 0 Å². The SMILES string of the molecule is COc1cc(C#N)ccc1OCCNC1CC1. The van der Waals surface area contributed by atoms with E-state index >= 15 is 0 Å². The lowest BCUT2D eigenvalue weighted by Gasteiger charge is -2.11. The number of rotatable bonds is 6. The second-order valence-corrected chi connectivity index (χ2v) is 4.05. The Morgan fingerprint density at radius 2 is 2.24 bits per heavy atom. The molecule has 0 aliphatic heterocycles. The summed E-state index contributed by atoms with van der Waals surface area (Å²) in [6.07, 6.45) is 2.56. The number of methoxy groups -OCH3 is 1. The molecule has 0 amide bonds. The normalized spacial score (nSPS) is 14.1. The fourth-order valence-electron chi connectivity index (χ4n) is 1.57. The van der Waals surface area contributed by atoms with Crippen LogP contribution in [-0.4, -0.2) is 26.3 Å². The second kappa shape index (κ2) is 5.55. The smallest absolute Gasteiger partial charge is 0.162 e. The van der Waals surface area contributed by atoms with Gasteiger partial charge in [-0.2, -0.15) is 5.26 Å². The first-order valence-corrected chi connectivity index (χ1v) is 5.78. The summed E-state index contributed by atoms with van der Waals surface area (Å²) in [5.74, 6) is 1.29. The van der Waals surface area contributed by atoms with Gasteiger partial charge in [-0.05, 0) is 25.0 Å². The molecule has 0 spiro atoms. The van der Waals surface area contributed by atoms with Crippen molar-refractivity contribution in [2.24, 2.45) is 0 Å².